The zero-order valence-electron chi connectivity index (χ0n) is 15.8. The van der Waals surface area contributed by atoms with Crippen LogP contribution in [0.25, 0.3) is 10.8 Å². The standard InChI is InChI=1S/C21H24N2O5S/c22-29(26,27)20-11-15-3-1-2-4-21(15)16(12-20)9-10-23-13-18(25)14-28-19-7-5-17(24)6-8-19/h1-8,11-12,18,23-25H,9-10,13-14H2,(H2,22,26,27). The van der Waals surface area contributed by atoms with Crippen molar-refractivity contribution in [2.24, 2.45) is 5.14 Å². The molecule has 0 amide bonds. The van der Waals surface area contributed by atoms with E-state index >= 15 is 0 Å². The van der Waals surface area contributed by atoms with E-state index in [1.54, 1.807) is 24.3 Å². The summed E-state index contributed by atoms with van der Waals surface area (Å²) in [6.45, 7) is 0.987. The van der Waals surface area contributed by atoms with Crippen molar-refractivity contribution in [2.75, 3.05) is 19.7 Å². The second-order valence-electron chi connectivity index (χ2n) is 6.76. The molecular formula is C21H24N2O5S. The zero-order valence-corrected chi connectivity index (χ0v) is 16.6. The van der Waals surface area contributed by atoms with Gasteiger partial charge in [0.15, 0.2) is 0 Å². The molecule has 0 aromatic heterocycles. The van der Waals surface area contributed by atoms with E-state index in [2.05, 4.69) is 5.32 Å². The maximum atomic E-state index is 11.8. The molecule has 0 radical (unpaired) electrons. The molecule has 0 aliphatic rings. The van der Waals surface area contributed by atoms with Crippen molar-refractivity contribution in [2.45, 2.75) is 17.4 Å². The first-order valence-corrected chi connectivity index (χ1v) is 10.7. The molecule has 29 heavy (non-hydrogen) atoms. The third kappa shape index (κ3) is 5.91. The Morgan fingerprint density at radius 3 is 2.52 bits per heavy atom. The molecule has 154 valence electrons. The number of aliphatic hydroxyl groups is 1. The maximum Gasteiger partial charge on any atom is 0.238 e. The first-order valence-electron chi connectivity index (χ1n) is 9.18. The van der Waals surface area contributed by atoms with Crippen LogP contribution in [0.1, 0.15) is 5.56 Å². The lowest BCUT2D eigenvalue weighted by atomic mass is 10.0. The summed E-state index contributed by atoms with van der Waals surface area (Å²) in [5.41, 5.74) is 0.870. The molecule has 0 heterocycles. The minimum atomic E-state index is -3.79. The molecule has 8 heteroatoms. The molecule has 1 unspecified atom stereocenters. The average Bonchev–Trinajstić information content (AvgIpc) is 2.70. The summed E-state index contributed by atoms with van der Waals surface area (Å²) in [6.07, 6.45) is -0.133. The van der Waals surface area contributed by atoms with Gasteiger partial charge in [0, 0.05) is 6.54 Å². The van der Waals surface area contributed by atoms with Crippen molar-refractivity contribution < 1.29 is 23.4 Å². The lowest BCUT2D eigenvalue weighted by Crippen LogP contribution is -2.32. The van der Waals surface area contributed by atoms with Gasteiger partial charge in [-0.1, -0.05) is 24.3 Å². The first kappa shape index (κ1) is 21.1. The van der Waals surface area contributed by atoms with E-state index < -0.39 is 16.1 Å². The highest BCUT2D eigenvalue weighted by Crippen LogP contribution is 2.23. The summed E-state index contributed by atoms with van der Waals surface area (Å²) < 4.78 is 29.0. The number of hydrogen-bond donors (Lipinski definition) is 4. The first-order chi connectivity index (χ1) is 13.8. The van der Waals surface area contributed by atoms with Gasteiger partial charge in [0.1, 0.15) is 24.2 Å². The molecule has 0 saturated heterocycles. The van der Waals surface area contributed by atoms with Gasteiger partial charge in [-0.05, 0) is 65.7 Å². The fourth-order valence-corrected chi connectivity index (χ4v) is 3.61. The molecule has 7 nitrogen and oxygen atoms in total. The van der Waals surface area contributed by atoms with Crippen molar-refractivity contribution in [1.29, 1.82) is 0 Å². The van der Waals surface area contributed by atoms with E-state index in [-0.39, 0.29) is 17.3 Å². The van der Waals surface area contributed by atoms with Crippen molar-refractivity contribution in [3.05, 3.63) is 66.2 Å². The molecule has 1 atom stereocenters. The zero-order chi connectivity index (χ0) is 20.9. The van der Waals surface area contributed by atoms with Crippen LogP contribution < -0.4 is 15.2 Å². The van der Waals surface area contributed by atoms with Gasteiger partial charge in [-0.2, -0.15) is 0 Å². The number of fused-ring (bicyclic) bond motifs is 1. The molecule has 0 saturated carbocycles. The Bertz CT molecular complexity index is 1070. The van der Waals surface area contributed by atoms with E-state index in [1.165, 1.54) is 12.1 Å². The molecule has 5 N–H and O–H groups in total. The topological polar surface area (TPSA) is 122 Å². The predicted octanol–water partition coefficient (Wildman–Crippen LogP) is 1.76. The van der Waals surface area contributed by atoms with E-state index in [9.17, 15) is 18.6 Å². The van der Waals surface area contributed by atoms with Gasteiger partial charge in [0.25, 0.3) is 0 Å². The van der Waals surface area contributed by atoms with Gasteiger partial charge in [-0.3, -0.25) is 0 Å². The molecule has 3 aromatic carbocycles. The molecule has 0 bridgehead atoms. The smallest absolute Gasteiger partial charge is 0.238 e. The monoisotopic (exact) mass is 416 g/mol. The Balaban J connectivity index is 1.54. The number of aliphatic hydroxyl groups excluding tert-OH is 1. The number of nitrogens with two attached hydrogens (primary N) is 1. The summed E-state index contributed by atoms with van der Waals surface area (Å²) in [5.74, 6) is 0.715. The van der Waals surface area contributed by atoms with Crippen LogP contribution in [0.3, 0.4) is 0 Å². The Hall–Kier alpha value is -2.65. The van der Waals surface area contributed by atoms with Gasteiger partial charge in [-0.25, -0.2) is 13.6 Å². The fourth-order valence-electron chi connectivity index (χ4n) is 3.02. The van der Waals surface area contributed by atoms with E-state index in [1.807, 2.05) is 24.3 Å². The highest BCUT2D eigenvalue weighted by atomic mass is 32.2. The Morgan fingerprint density at radius 1 is 1.07 bits per heavy atom. The molecule has 0 spiro atoms. The number of phenolic OH excluding ortho intramolecular Hbond substituents is 1. The quantitative estimate of drug-likeness (QED) is 0.394. The van der Waals surface area contributed by atoms with Gasteiger partial charge in [-0.15, -0.1) is 0 Å². The highest BCUT2D eigenvalue weighted by Gasteiger charge is 2.12. The third-order valence-electron chi connectivity index (χ3n) is 4.48. The van der Waals surface area contributed by atoms with Crippen molar-refractivity contribution in [3.8, 4) is 11.5 Å². The summed E-state index contributed by atoms with van der Waals surface area (Å²) in [4.78, 5) is 0.0912. The SMILES string of the molecule is NS(=O)(=O)c1cc(CCNCC(O)COc2ccc(O)cc2)c2ccccc2c1. The Labute approximate surface area is 169 Å². The number of sulfonamides is 1. The highest BCUT2D eigenvalue weighted by molar-refractivity contribution is 7.89. The van der Waals surface area contributed by atoms with Crippen molar-refractivity contribution in [3.63, 3.8) is 0 Å². The minimum absolute atomic E-state index is 0.0912. The molecule has 3 rings (SSSR count). The van der Waals surface area contributed by atoms with Crippen LogP contribution in [-0.2, 0) is 16.4 Å². The predicted molar refractivity (Wildman–Crippen MR) is 112 cm³/mol. The molecule has 0 aliphatic carbocycles. The van der Waals surface area contributed by atoms with Gasteiger partial charge in [0.05, 0.1) is 4.90 Å². The molecule has 0 aliphatic heterocycles. The Kier molecular flexibility index (Phi) is 6.71. The van der Waals surface area contributed by atoms with Crippen molar-refractivity contribution >= 4 is 20.8 Å². The molecule has 0 fully saturated rings. The van der Waals surface area contributed by atoms with Crippen LogP contribution in [0.5, 0.6) is 11.5 Å². The van der Waals surface area contributed by atoms with E-state index in [0.29, 0.717) is 25.3 Å². The van der Waals surface area contributed by atoms with Gasteiger partial charge >= 0.3 is 0 Å². The van der Waals surface area contributed by atoms with Crippen molar-refractivity contribution in [1.82, 2.24) is 5.32 Å². The van der Waals surface area contributed by atoms with Gasteiger partial charge in [0.2, 0.25) is 10.0 Å². The second-order valence-corrected chi connectivity index (χ2v) is 8.32. The number of phenols is 1. The van der Waals surface area contributed by atoms with Crippen LogP contribution in [0, 0.1) is 0 Å². The number of primary sulfonamides is 1. The van der Waals surface area contributed by atoms with E-state index in [4.69, 9.17) is 9.88 Å². The third-order valence-corrected chi connectivity index (χ3v) is 5.37. The molecular weight excluding hydrogens is 392 g/mol. The van der Waals surface area contributed by atoms with Crippen LogP contribution in [0.4, 0.5) is 0 Å². The van der Waals surface area contributed by atoms with Crippen LogP contribution in [-0.4, -0.2) is 44.4 Å². The average molecular weight is 416 g/mol. The number of rotatable bonds is 9. The summed E-state index contributed by atoms with van der Waals surface area (Å²) in [5, 5.41) is 29.5. The largest absolute Gasteiger partial charge is 0.508 e. The maximum absolute atomic E-state index is 11.8. The minimum Gasteiger partial charge on any atom is -0.508 e. The number of hydrogen-bond acceptors (Lipinski definition) is 6. The Morgan fingerprint density at radius 2 is 1.79 bits per heavy atom. The summed E-state index contributed by atoms with van der Waals surface area (Å²) in [6, 6.07) is 17.0. The van der Waals surface area contributed by atoms with Crippen LogP contribution >= 0.6 is 0 Å². The van der Waals surface area contributed by atoms with Crippen LogP contribution in [0.15, 0.2) is 65.6 Å². The number of ether oxygens (including phenoxy) is 1. The lowest BCUT2D eigenvalue weighted by molar-refractivity contribution is 0.106. The molecule has 3 aromatic rings. The van der Waals surface area contributed by atoms with Gasteiger partial charge < -0.3 is 20.3 Å². The summed E-state index contributed by atoms with van der Waals surface area (Å²) >= 11 is 0. The van der Waals surface area contributed by atoms with E-state index in [0.717, 1.165) is 16.3 Å². The number of aromatic hydroxyl groups is 1. The van der Waals surface area contributed by atoms with Crippen LogP contribution in [0.2, 0.25) is 0 Å². The number of nitrogens with one attached hydrogen (secondary N) is 1. The fraction of sp³-hybridized carbons (Fsp3) is 0.238. The lowest BCUT2D eigenvalue weighted by Gasteiger charge is -2.14. The number of benzene rings is 3. The normalized spacial score (nSPS) is 12.8. The second kappa shape index (κ2) is 9.23. The summed E-state index contributed by atoms with van der Waals surface area (Å²) in [7, 11) is -3.79.